The highest BCUT2D eigenvalue weighted by molar-refractivity contribution is 7.98. The zero-order valence-corrected chi connectivity index (χ0v) is 14.9. The standard InChI is InChI=1S/C17H16N4OS2/c1-22-14-7-5-13(6-8-14)16-19-20-17(23)21(16)18-11-12-3-9-15(24-2)10-4-12/h3-11H,1-2H3,(H,20,23)/b18-11-. The number of hydrogen-bond acceptors (Lipinski definition) is 5. The van der Waals surface area contributed by atoms with E-state index in [1.165, 1.54) is 4.90 Å². The fourth-order valence-corrected chi connectivity index (χ4v) is 2.73. The molecule has 3 rings (SSSR count). The van der Waals surface area contributed by atoms with Crippen molar-refractivity contribution in [2.75, 3.05) is 13.4 Å². The Balaban J connectivity index is 1.91. The quantitative estimate of drug-likeness (QED) is 0.422. The minimum absolute atomic E-state index is 0.442. The highest BCUT2D eigenvalue weighted by atomic mass is 32.2. The van der Waals surface area contributed by atoms with E-state index in [4.69, 9.17) is 17.0 Å². The fourth-order valence-electron chi connectivity index (χ4n) is 2.14. The number of benzene rings is 2. The van der Waals surface area contributed by atoms with Crippen molar-refractivity contribution in [1.29, 1.82) is 0 Å². The molecule has 0 radical (unpaired) electrons. The Morgan fingerprint density at radius 2 is 1.88 bits per heavy atom. The molecular weight excluding hydrogens is 340 g/mol. The SMILES string of the molecule is COc1ccc(-c2n[nH]c(=S)n2/N=C\c2ccc(SC)cc2)cc1. The van der Waals surface area contributed by atoms with Crippen LogP contribution in [-0.4, -0.2) is 34.5 Å². The van der Waals surface area contributed by atoms with Gasteiger partial charge in [0.25, 0.3) is 0 Å². The fraction of sp³-hybridized carbons (Fsp3) is 0.118. The molecule has 2 aromatic carbocycles. The second-order valence-corrected chi connectivity index (χ2v) is 6.18. The van der Waals surface area contributed by atoms with E-state index in [9.17, 15) is 0 Å². The van der Waals surface area contributed by atoms with Gasteiger partial charge in [0.05, 0.1) is 13.3 Å². The lowest BCUT2D eigenvalue weighted by molar-refractivity contribution is 0.415. The monoisotopic (exact) mass is 356 g/mol. The zero-order chi connectivity index (χ0) is 16.9. The van der Waals surface area contributed by atoms with Crippen LogP contribution >= 0.6 is 24.0 Å². The average molecular weight is 356 g/mol. The van der Waals surface area contributed by atoms with Crippen LogP contribution in [0.15, 0.2) is 58.5 Å². The Morgan fingerprint density at radius 1 is 1.17 bits per heavy atom. The van der Waals surface area contributed by atoms with E-state index in [1.807, 2.05) is 36.4 Å². The van der Waals surface area contributed by atoms with Gasteiger partial charge in [0, 0.05) is 10.5 Å². The molecule has 1 aromatic heterocycles. The highest BCUT2D eigenvalue weighted by Gasteiger charge is 2.08. The molecule has 3 aromatic rings. The summed E-state index contributed by atoms with van der Waals surface area (Å²) in [5.74, 6) is 1.44. The van der Waals surface area contributed by atoms with Gasteiger partial charge in [-0.2, -0.15) is 14.9 Å². The molecule has 1 heterocycles. The largest absolute Gasteiger partial charge is 0.497 e. The van der Waals surface area contributed by atoms with Gasteiger partial charge in [-0.3, -0.25) is 0 Å². The molecule has 0 unspecified atom stereocenters. The third kappa shape index (κ3) is 3.58. The molecule has 0 atom stereocenters. The molecular formula is C17H16N4OS2. The molecule has 5 nitrogen and oxygen atoms in total. The van der Waals surface area contributed by atoms with Crippen LogP contribution in [0, 0.1) is 4.77 Å². The van der Waals surface area contributed by atoms with Gasteiger partial charge in [-0.25, -0.2) is 5.10 Å². The van der Waals surface area contributed by atoms with Crippen LogP contribution in [0.1, 0.15) is 5.56 Å². The van der Waals surface area contributed by atoms with Gasteiger partial charge < -0.3 is 4.74 Å². The van der Waals surface area contributed by atoms with Crippen LogP contribution in [0.3, 0.4) is 0 Å². The summed E-state index contributed by atoms with van der Waals surface area (Å²) < 4.78 is 7.23. The summed E-state index contributed by atoms with van der Waals surface area (Å²) in [7, 11) is 1.64. The van der Waals surface area contributed by atoms with Crippen molar-refractivity contribution in [3.8, 4) is 17.1 Å². The predicted octanol–water partition coefficient (Wildman–Crippen LogP) is 4.22. The van der Waals surface area contributed by atoms with Gasteiger partial charge >= 0.3 is 0 Å². The molecule has 0 bridgehead atoms. The second-order valence-electron chi connectivity index (χ2n) is 4.91. The maximum atomic E-state index is 5.28. The number of H-pyrrole nitrogens is 1. The smallest absolute Gasteiger partial charge is 0.216 e. The molecule has 0 amide bonds. The number of hydrogen-bond donors (Lipinski definition) is 1. The molecule has 0 spiro atoms. The lowest BCUT2D eigenvalue weighted by Crippen LogP contribution is -1.95. The Hall–Kier alpha value is -2.38. The van der Waals surface area contributed by atoms with Crippen LogP contribution in [0.4, 0.5) is 0 Å². The van der Waals surface area contributed by atoms with Crippen molar-refractivity contribution in [3.63, 3.8) is 0 Å². The van der Waals surface area contributed by atoms with Gasteiger partial charge in [-0.15, -0.1) is 11.8 Å². The number of nitrogens with one attached hydrogen (secondary N) is 1. The first-order valence-electron chi connectivity index (χ1n) is 7.21. The molecule has 0 saturated carbocycles. The van der Waals surface area contributed by atoms with Gasteiger partial charge in [-0.05, 0) is 60.4 Å². The Morgan fingerprint density at radius 3 is 2.50 bits per heavy atom. The lowest BCUT2D eigenvalue weighted by atomic mass is 10.2. The number of thioether (sulfide) groups is 1. The van der Waals surface area contributed by atoms with Crippen LogP contribution < -0.4 is 4.74 Å². The first-order chi connectivity index (χ1) is 11.7. The number of aromatic nitrogens is 3. The highest BCUT2D eigenvalue weighted by Crippen LogP contribution is 2.21. The second kappa shape index (κ2) is 7.46. The average Bonchev–Trinajstić information content (AvgIpc) is 3.01. The van der Waals surface area contributed by atoms with Crippen LogP contribution in [0.2, 0.25) is 0 Å². The Labute approximate surface area is 149 Å². The summed E-state index contributed by atoms with van der Waals surface area (Å²) in [5, 5.41) is 11.5. The van der Waals surface area contributed by atoms with Gasteiger partial charge in [0.2, 0.25) is 4.77 Å². The summed E-state index contributed by atoms with van der Waals surface area (Å²) in [6, 6.07) is 15.8. The van der Waals surface area contributed by atoms with Crippen LogP contribution in [0.5, 0.6) is 5.75 Å². The topological polar surface area (TPSA) is 55.2 Å². The molecule has 0 fully saturated rings. The van der Waals surface area contributed by atoms with E-state index in [2.05, 4.69) is 33.7 Å². The summed E-state index contributed by atoms with van der Waals surface area (Å²) in [6.07, 6.45) is 3.82. The van der Waals surface area contributed by atoms with Crippen molar-refractivity contribution in [3.05, 3.63) is 58.9 Å². The molecule has 0 aliphatic heterocycles. The van der Waals surface area contributed by atoms with E-state index in [0.717, 1.165) is 16.9 Å². The Kier molecular flexibility index (Phi) is 5.12. The van der Waals surface area contributed by atoms with E-state index >= 15 is 0 Å². The third-order valence-corrected chi connectivity index (χ3v) is 4.44. The predicted molar refractivity (Wildman–Crippen MR) is 101 cm³/mol. The first kappa shape index (κ1) is 16.5. The van der Waals surface area contributed by atoms with Crippen molar-refractivity contribution < 1.29 is 4.74 Å². The summed E-state index contributed by atoms with van der Waals surface area (Å²) >= 11 is 6.99. The minimum atomic E-state index is 0.442. The summed E-state index contributed by atoms with van der Waals surface area (Å²) in [6.45, 7) is 0. The van der Waals surface area contributed by atoms with E-state index in [0.29, 0.717) is 10.6 Å². The lowest BCUT2D eigenvalue weighted by Gasteiger charge is -2.03. The van der Waals surface area contributed by atoms with Crippen LogP contribution in [-0.2, 0) is 0 Å². The zero-order valence-electron chi connectivity index (χ0n) is 13.3. The molecule has 122 valence electrons. The summed E-state index contributed by atoms with van der Waals surface area (Å²) in [4.78, 5) is 1.21. The molecule has 0 saturated heterocycles. The van der Waals surface area contributed by atoms with Crippen molar-refractivity contribution >= 4 is 30.2 Å². The van der Waals surface area contributed by atoms with Crippen molar-refractivity contribution in [2.24, 2.45) is 5.10 Å². The van der Waals surface area contributed by atoms with E-state index in [1.54, 1.807) is 29.8 Å². The molecule has 1 N–H and O–H groups in total. The first-order valence-corrected chi connectivity index (χ1v) is 8.85. The van der Waals surface area contributed by atoms with E-state index in [-0.39, 0.29) is 0 Å². The maximum Gasteiger partial charge on any atom is 0.216 e. The number of nitrogens with zero attached hydrogens (tertiary/aromatic N) is 3. The molecule has 24 heavy (non-hydrogen) atoms. The number of methoxy groups -OCH3 is 1. The molecule has 7 heteroatoms. The van der Waals surface area contributed by atoms with Crippen molar-refractivity contribution in [1.82, 2.24) is 14.9 Å². The number of aromatic amines is 1. The number of ether oxygens (including phenoxy) is 1. The van der Waals surface area contributed by atoms with Gasteiger partial charge in [0.15, 0.2) is 5.82 Å². The molecule has 0 aliphatic carbocycles. The maximum absolute atomic E-state index is 5.28. The van der Waals surface area contributed by atoms with Crippen LogP contribution in [0.25, 0.3) is 11.4 Å². The van der Waals surface area contributed by atoms with E-state index < -0.39 is 0 Å². The van der Waals surface area contributed by atoms with Crippen molar-refractivity contribution in [2.45, 2.75) is 4.90 Å². The number of rotatable bonds is 5. The molecule has 0 aliphatic rings. The van der Waals surface area contributed by atoms with Gasteiger partial charge in [0.1, 0.15) is 5.75 Å². The third-order valence-electron chi connectivity index (χ3n) is 3.44. The minimum Gasteiger partial charge on any atom is -0.497 e. The summed E-state index contributed by atoms with van der Waals surface area (Å²) in [5.41, 5.74) is 1.90. The Bertz CT molecular complexity index is 896. The normalized spacial score (nSPS) is 11.1. The van der Waals surface area contributed by atoms with Gasteiger partial charge in [-0.1, -0.05) is 12.1 Å².